The molecule has 2 amide bonds. The van der Waals surface area contributed by atoms with Crippen molar-refractivity contribution >= 4 is 38.0 Å². The molecule has 0 saturated heterocycles. The third-order valence-electron chi connectivity index (χ3n) is 3.00. The molecule has 0 aliphatic carbocycles. The molecule has 8 nitrogen and oxygen atoms in total. The summed E-state index contributed by atoms with van der Waals surface area (Å²) in [4.78, 5) is 22.0. The van der Waals surface area contributed by atoms with E-state index in [1.54, 1.807) is 0 Å². The fourth-order valence-corrected chi connectivity index (χ4v) is 4.82. The van der Waals surface area contributed by atoms with E-state index in [0.29, 0.717) is 11.3 Å². The van der Waals surface area contributed by atoms with Gasteiger partial charge in [-0.15, -0.1) is 24.5 Å². The number of carbonyl (C=O) groups is 2. The number of amides is 2. The molecule has 0 fully saturated rings. The minimum Gasteiger partial charge on any atom is -0.404 e. The molecule has 1 heterocycles. The van der Waals surface area contributed by atoms with Gasteiger partial charge in [-0.1, -0.05) is 12.1 Å². The van der Waals surface area contributed by atoms with Gasteiger partial charge in [-0.25, -0.2) is 8.42 Å². The summed E-state index contributed by atoms with van der Waals surface area (Å²) >= 11 is 0.391. The zero-order valence-corrected chi connectivity index (χ0v) is 14.7. The van der Waals surface area contributed by atoms with Gasteiger partial charge in [0.2, 0.25) is 9.84 Å². The second kappa shape index (κ2) is 7.54. The zero-order valence-electron chi connectivity index (χ0n) is 13.1. The number of benzene rings is 1. The van der Waals surface area contributed by atoms with Crippen LogP contribution in [0.2, 0.25) is 0 Å². The Bertz CT molecular complexity index is 985. The smallest absolute Gasteiger partial charge is 0.404 e. The van der Waals surface area contributed by atoms with Crippen LogP contribution in [0, 0.1) is 0 Å². The van der Waals surface area contributed by atoms with Gasteiger partial charge in [0, 0.05) is 0 Å². The van der Waals surface area contributed by atoms with Gasteiger partial charge >= 0.3 is 6.36 Å². The largest absolute Gasteiger partial charge is 0.573 e. The van der Waals surface area contributed by atoms with Crippen LogP contribution in [-0.4, -0.2) is 38.3 Å². The van der Waals surface area contributed by atoms with E-state index in [0.717, 1.165) is 24.3 Å². The number of aliphatic hydroxyl groups excluding tert-OH is 1. The Morgan fingerprint density at radius 1 is 1.26 bits per heavy atom. The molecular formula is C14H11F3N2O6S2. The maximum atomic E-state index is 12.7. The monoisotopic (exact) mass is 424 g/mol. The van der Waals surface area contributed by atoms with Crippen molar-refractivity contribution in [3.63, 3.8) is 0 Å². The van der Waals surface area contributed by atoms with E-state index in [4.69, 9.17) is 10.8 Å². The van der Waals surface area contributed by atoms with Crippen molar-refractivity contribution in [1.82, 2.24) is 0 Å². The van der Waals surface area contributed by atoms with Crippen molar-refractivity contribution in [3.8, 4) is 5.75 Å². The predicted octanol–water partition coefficient (Wildman–Crippen LogP) is 1.51. The van der Waals surface area contributed by atoms with Crippen molar-refractivity contribution in [2.75, 3.05) is 11.9 Å². The highest BCUT2D eigenvalue weighted by atomic mass is 32.2. The van der Waals surface area contributed by atoms with Crippen LogP contribution in [-0.2, 0) is 14.6 Å². The number of alkyl halides is 3. The quantitative estimate of drug-likeness (QED) is 0.643. The van der Waals surface area contributed by atoms with E-state index in [1.165, 1.54) is 6.07 Å². The Morgan fingerprint density at radius 2 is 1.89 bits per heavy atom. The summed E-state index contributed by atoms with van der Waals surface area (Å²) in [6, 6.07) is 4.87. The second-order valence-corrected chi connectivity index (χ2v) is 8.07. The summed E-state index contributed by atoms with van der Waals surface area (Å²) in [6.45, 7) is -0.944. The highest BCUT2D eigenvalue weighted by molar-refractivity contribution is 7.93. The highest BCUT2D eigenvalue weighted by Crippen LogP contribution is 2.38. The number of thiophene rings is 1. The molecule has 4 N–H and O–H groups in total. The van der Waals surface area contributed by atoms with Gasteiger partial charge in [0.25, 0.3) is 11.8 Å². The maximum absolute atomic E-state index is 12.7. The van der Waals surface area contributed by atoms with Crippen LogP contribution in [0.5, 0.6) is 5.75 Å². The average molecular weight is 424 g/mol. The number of nitrogens with two attached hydrogens (primary N) is 1. The topological polar surface area (TPSA) is 136 Å². The summed E-state index contributed by atoms with van der Waals surface area (Å²) in [5, 5.41) is 10.6. The molecule has 2 rings (SSSR count). The number of aliphatic hydroxyl groups is 1. The molecule has 13 heteroatoms. The van der Waals surface area contributed by atoms with Crippen LogP contribution in [0.3, 0.4) is 0 Å². The van der Waals surface area contributed by atoms with Crippen LogP contribution >= 0.6 is 11.3 Å². The van der Waals surface area contributed by atoms with Gasteiger partial charge in [-0.3, -0.25) is 9.59 Å². The predicted molar refractivity (Wildman–Crippen MR) is 87.1 cm³/mol. The average Bonchev–Trinajstić information content (AvgIpc) is 2.98. The minimum atomic E-state index is -5.13. The molecule has 0 unspecified atom stereocenters. The van der Waals surface area contributed by atoms with E-state index in [2.05, 4.69) is 10.1 Å². The Labute approximate surface area is 154 Å². The van der Waals surface area contributed by atoms with Crippen LogP contribution in [0.1, 0.15) is 10.4 Å². The number of rotatable bonds is 6. The van der Waals surface area contributed by atoms with Crippen LogP contribution in [0.15, 0.2) is 39.4 Å². The summed E-state index contributed by atoms with van der Waals surface area (Å²) in [5.41, 5.74) is 4.75. The molecule has 1 aromatic heterocycles. The number of hydrogen-bond donors (Lipinski definition) is 3. The number of primary amides is 1. The fraction of sp³-hybridized carbons (Fsp3) is 0.143. The van der Waals surface area contributed by atoms with Crippen molar-refractivity contribution < 1.29 is 41.0 Å². The van der Waals surface area contributed by atoms with E-state index >= 15 is 0 Å². The summed E-state index contributed by atoms with van der Waals surface area (Å²) in [6.07, 6.45) is -5.13. The molecule has 0 aliphatic heterocycles. The van der Waals surface area contributed by atoms with Gasteiger partial charge in [-0.2, -0.15) is 0 Å². The van der Waals surface area contributed by atoms with Gasteiger partial charge in [-0.05, 0) is 18.2 Å². The lowest BCUT2D eigenvalue weighted by Gasteiger charge is -2.12. The Hall–Kier alpha value is -2.64. The number of sulfone groups is 1. The van der Waals surface area contributed by atoms with Crippen molar-refractivity contribution in [1.29, 1.82) is 0 Å². The fourth-order valence-electron chi connectivity index (χ4n) is 1.93. The third kappa shape index (κ3) is 4.75. The molecule has 2 aromatic rings. The lowest BCUT2D eigenvalue weighted by Crippen LogP contribution is -2.19. The van der Waals surface area contributed by atoms with E-state index in [1.807, 2.05) is 0 Å². The highest BCUT2D eigenvalue weighted by Gasteiger charge is 2.35. The van der Waals surface area contributed by atoms with Crippen molar-refractivity contribution in [2.24, 2.45) is 5.73 Å². The minimum absolute atomic E-state index is 0.269. The summed E-state index contributed by atoms with van der Waals surface area (Å²) in [7, 11) is -4.55. The van der Waals surface area contributed by atoms with Crippen molar-refractivity contribution in [3.05, 3.63) is 35.9 Å². The molecule has 0 atom stereocenters. The van der Waals surface area contributed by atoms with Gasteiger partial charge in [0.05, 0.1) is 5.56 Å². The SMILES string of the molecule is NC(=O)c1cc(S(=O)(=O)c2ccccc2OC(F)(F)F)sc1NC(=O)CO. The maximum Gasteiger partial charge on any atom is 0.573 e. The Kier molecular flexibility index (Phi) is 5.77. The number of carbonyl (C=O) groups excluding carboxylic acids is 2. The summed E-state index contributed by atoms with van der Waals surface area (Å²) in [5.74, 6) is -2.98. The van der Waals surface area contributed by atoms with Gasteiger partial charge in [0.15, 0.2) is 0 Å². The Balaban J connectivity index is 2.57. The third-order valence-corrected chi connectivity index (χ3v) is 6.32. The number of halogens is 3. The first-order valence-electron chi connectivity index (χ1n) is 6.90. The van der Waals surface area contributed by atoms with Gasteiger partial charge in [0.1, 0.15) is 26.5 Å². The summed E-state index contributed by atoms with van der Waals surface area (Å²) < 4.78 is 66.2. The first-order valence-corrected chi connectivity index (χ1v) is 9.20. The lowest BCUT2D eigenvalue weighted by atomic mass is 10.3. The Morgan fingerprint density at radius 3 is 2.44 bits per heavy atom. The molecule has 0 saturated carbocycles. The first kappa shape index (κ1) is 20.7. The van der Waals surface area contributed by atoms with Crippen LogP contribution in [0.25, 0.3) is 0 Å². The number of anilines is 1. The molecule has 146 valence electrons. The molecular weight excluding hydrogens is 413 g/mol. The molecule has 0 bridgehead atoms. The van der Waals surface area contributed by atoms with Crippen LogP contribution in [0.4, 0.5) is 18.2 Å². The number of nitrogens with one attached hydrogen (secondary N) is 1. The molecule has 27 heavy (non-hydrogen) atoms. The van der Waals surface area contributed by atoms with E-state index in [-0.39, 0.29) is 10.6 Å². The van der Waals surface area contributed by atoms with Gasteiger partial charge < -0.3 is 20.9 Å². The van der Waals surface area contributed by atoms with E-state index in [9.17, 15) is 31.2 Å². The number of hydrogen-bond acceptors (Lipinski definition) is 7. The molecule has 0 aliphatic rings. The molecule has 0 spiro atoms. The normalized spacial score (nSPS) is 11.9. The lowest BCUT2D eigenvalue weighted by molar-refractivity contribution is -0.275. The zero-order chi connectivity index (χ0) is 20.4. The second-order valence-electron chi connectivity index (χ2n) is 4.88. The first-order chi connectivity index (χ1) is 12.5. The molecule has 0 radical (unpaired) electrons. The number of para-hydroxylation sites is 1. The standard InChI is InChI=1S/C14H11F3N2O6S2/c15-14(16,17)25-8-3-1-2-4-9(8)27(23,24)11-5-7(12(18)22)13(26-11)19-10(21)6-20/h1-5,20H,6H2,(H2,18,22)(H,19,21). The van der Waals surface area contributed by atoms with E-state index < -0.39 is 49.5 Å². The van der Waals surface area contributed by atoms with Crippen LogP contribution < -0.4 is 15.8 Å². The molecule has 1 aromatic carbocycles. The van der Waals surface area contributed by atoms with Crippen molar-refractivity contribution in [2.45, 2.75) is 15.5 Å². The number of ether oxygens (including phenoxy) is 1.